The maximum atomic E-state index is 12.7. The molecule has 0 spiro atoms. The van der Waals surface area contributed by atoms with E-state index < -0.39 is 22.5 Å². The summed E-state index contributed by atoms with van der Waals surface area (Å²) in [5, 5.41) is 11.0. The van der Waals surface area contributed by atoms with Gasteiger partial charge in [0.1, 0.15) is 0 Å². The van der Waals surface area contributed by atoms with E-state index in [1.807, 2.05) is 26.0 Å². The van der Waals surface area contributed by atoms with Crippen molar-refractivity contribution in [2.75, 3.05) is 6.54 Å². The zero-order valence-electron chi connectivity index (χ0n) is 13.0. The third kappa shape index (κ3) is 4.40. The Morgan fingerprint density at radius 1 is 1.04 bits per heavy atom. The standard InChI is InChI=1S/C17H19NO4S/c1-13-6-8-16(9-7-13)23(21,22)18(12-17(19)20)11-15-5-3-4-14(2)10-15/h3-10H,11-12H2,1-2H3,(H,19,20)/p-1. The van der Waals surface area contributed by atoms with Crippen LogP contribution in [-0.2, 0) is 21.4 Å². The second kappa shape index (κ2) is 6.93. The molecular weight excluding hydrogens is 314 g/mol. The molecule has 23 heavy (non-hydrogen) atoms. The lowest BCUT2D eigenvalue weighted by Crippen LogP contribution is -2.41. The summed E-state index contributed by atoms with van der Waals surface area (Å²) in [7, 11) is -3.91. The molecule has 0 unspecified atom stereocenters. The van der Waals surface area contributed by atoms with Gasteiger partial charge >= 0.3 is 0 Å². The molecular formula is C17H18NO4S-. The second-order valence-corrected chi connectivity index (χ2v) is 7.39. The summed E-state index contributed by atoms with van der Waals surface area (Å²) < 4.78 is 26.3. The van der Waals surface area contributed by atoms with Gasteiger partial charge in [0.2, 0.25) is 10.0 Å². The van der Waals surface area contributed by atoms with E-state index in [0.717, 1.165) is 21.0 Å². The Morgan fingerprint density at radius 2 is 1.70 bits per heavy atom. The van der Waals surface area contributed by atoms with Crippen molar-refractivity contribution in [3.63, 3.8) is 0 Å². The molecule has 6 heteroatoms. The lowest BCUT2D eigenvalue weighted by molar-refractivity contribution is -0.305. The number of hydrogen-bond donors (Lipinski definition) is 0. The van der Waals surface area contributed by atoms with Crippen LogP contribution in [0.4, 0.5) is 0 Å². The van der Waals surface area contributed by atoms with Crippen LogP contribution in [0.1, 0.15) is 16.7 Å². The van der Waals surface area contributed by atoms with Crippen molar-refractivity contribution in [2.45, 2.75) is 25.3 Å². The van der Waals surface area contributed by atoms with Crippen LogP contribution >= 0.6 is 0 Å². The molecule has 0 fully saturated rings. The average Bonchev–Trinajstić information content (AvgIpc) is 2.46. The number of carboxylic acid groups (broad SMARTS) is 1. The summed E-state index contributed by atoms with van der Waals surface area (Å²) in [5.41, 5.74) is 2.62. The number of carboxylic acids is 1. The number of nitrogens with zero attached hydrogens (tertiary/aromatic N) is 1. The molecule has 0 aliphatic rings. The van der Waals surface area contributed by atoms with E-state index in [0.29, 0.717) is 0 Å². The van der Waals surface area contributed by atoms with Crippen molar-refractivity contribution in [2.24, 2.45) is 0 Å². The molecule has 0 aliphatic heterocycles. The minimum absolute atomic E-state index is 0.0220. The summed E-state index contributed by atoms with van der Waals surface area (Å²) in [6.07, 6.45) is 0. The number of rotatable bonds is 6. The van der Waals surface area contributed by atoms with E-state index in [-0.39, 0.29) is 11.4 Å². The molecule has 0 heterocycles. The van der Waals surface area contributed by atoms with E-state index in [2.05, 4.69) is 0 Å². The number of hydrogen-bond acceptors (Lipinski definition) is 4. The van der Waals surface area contributed by atoms with Crippen LogP contribution in [0.3, 0.4) is 0 Å². The average molecular weight is 332 g/mol. The number of benzene rings is 2. The van der Waals surface area contributed by atoms with Crippen LogP contribution in [0, 0.1) is 13.8 Å². The molecule has 5 nitrogen and oxygen atoms in total. The van der Waals surface area contributed by atoms with Gasteiger partial charge < -0.3 is 9.90 Å². The summed E-state index contributed by atoms with van der Waals surface area (Å²) >= 11 is 0. The van der Waals surface area contributed by atoms with Gasteiger partial charge in [-0.1, -0.05) is 47.5 Å². The van der Waals surface area contributed by atoms with Crippen molar-refractivity contribution in [1.29, 1.82) is 0 Å². The third-order valence-electron chi connectivity index (χ3n) is 3.41. The zero-order valence-corrected chi connectivity index (χ0v) is 13.8. The third-order valence-corrected chi connectivity index (χ3v) is 5.21. The molecule has 0 aromatic heterocycles. The van der Waals surface area contributed by atoms with E-state index in [4.69, 9.17) is 0 Å². The maximum Gasteiger partial charge on any atom is 0.243 e. The molecule has 0 saturated heterocycles. The van der Waals surface area contributed by atoms with Crippen molar-refractivity contribution in [3.8, 4) is 0 Å². The van der Waals surface area contributed by atoms with Crippen molar-refractivity contribution in [1.82, 2.24) is 4.31 Å². The highest BCUT2D eigenvalue weighted by molar-refractivity contribution is 7.89. The topological polar surface area (TPSA) is 77.5 Å². The zero-order chi connectivity index (χ0) is 17.0. The minimum atomic E-state index is -3.91. The molecule has 0 saturated carbocycles. The van der Waals surface area contributed by atoms with Crippen LogP contribution in [0.15, 0.2) is 53.4 Å². The molecule has 0 bridgehead atoms. The van der Waals surface area contributed by atoms with Gasteiger partial charge in [-0.3, -0.25) is 0 Å². The first-order valence-corrected chi connectivity index (χ1v) is 8.55. The van der Waals surface area contributed by atoms with Crippen LogP contribution in [0.2, 0.25) is 0 Å². The summed E-state index contributed by atoms with van der Waals surface area (Å²) in [6, 6.07) is 13.6. The number of carbonyl (C=O) groups excluding carboxylic acids is 1. The Kier molecular flexibility index (Phi) is 5.18. The second-order valence-electron chi connectivity index (χ2n) is 5.45. The molecule has 2 aromatic rings. The van der Waals surface area contributed by atoms with Gasteiger partial charge in [-0.05, 0) is 31.5 Å². The van der Waals surface area contributed by atoms with Gasteiger partial charge in [-0.15, -0.1) is 0 Å². The van der Waals surface area contributed by atoms with Crippen LogP contribution in [0.25, 0.3) is 0 Å². The smallest absolute Gasteiger partial charge is 0.243 e. The minimum Gasteiger partial charge on any atom is -0.549 e. The molecule has 122 valence electrons. The highest BCUT2D eigenvalue weighted by Crippen LogP contribution is 2.19. The first-order valence-electron chi connectivity index (χ1n) is 7.11. The van der Waals surface area contributed by atoms with Gasteiger partial charge in [-0.2, -0.15) is 4.31 Å². The van der Waals surface area contributed by atoms with Crippen molar-refractivity contribution >= 4 is 16.0 Å². The predicted molar refractivity (Wildman–Crippen MR) is 85.0 cm³/mol. The van der Waals surface area contributed by atoms with Gasteiger partial charge in [-0.25, -0.2) is 8.42 Å². The van der Waals surface area contributed by atoms with Gasteiger partial charge in [0.15, 0.2) is 0 Å². The summed E-state index contributed by atoms with van der Waals surface area (Å²) in [4.78, 5) is 11.0. The Bertz CT molecular complexity index is 798. The fourth-order valence-electron chi connectivity index (χ4n) is 2.24. The monoisotopic (exact) mass is 332 g/mol. The maximum absolute atomic E-state index is 12.7. The number of sulfonamides is 1. The van der Waals surface area contributed by atoms with E-state index >= 15 is 0 Å². The van der Waals surface area contributed by atoms with Crippen LogP contribution < -0.4 is 5.11 Å². The fourth-order valence-corrected chi connectivity index (χ4v) is 3.62. The quantitative estimate of drug-likeness (QED) is 0.797. The van der Waals surface area contributed by atoms with Gasteiger partial charge in [0, 0.05) is 6.54 Å². The molecule has 0 amide bonds. The lowest BCUT2D eigenvalue weighted by Gasteiger charge is -2.23. The first-order chi connectivity index (χ1) is 10.8. The normalized spacial score (nSPS) is 11.6. The Balaban J connectivity index is 2.37. The van der Waals surface area contributed by atoms with Crippen molar-refractivity contribution < 1.29 is 18.3 Å². The van der Waals surface area contributed by atoms with E-state index in [1.54, 1.807) is 24.3 Å². The SMILES string of the molecule is Cc1ccc(S(=O)(=O)N(CC(=O)[O-])Cc2cccc(C)c2)cc1. The lowest BCUT2D eigenvalue weighted by atomic mass is 10.1. The highest BCUT2D eigenvalue weighted by atomic mass is 32.2. The summed E-state index contributed by atoms with van der Waals surface area (Å²) in [6.45, 7) is 3.03. The Morgan fingerprint density at radius 3 is 2.26 bits per heavy atom. The number of aliphatic carboxylic acids is 1. The molecule has 0 N–H and O–H groups in total. The van der Waals surface area contributed by atoms with E-state index in [9.17, 15) is 18.3 Å². The predicted octanol–water partition coefficient (Wildman–Crippen LogP) is 1.24. The fraction of sp³-hybridized carbons (Fsp3) is 0.235. The largest absolute Gasteiger partial charge is 0.549 e. The van der Waals surface area contributed by atoms with Crippen molar-refractivity contribution in [3.05, 3.63) is 65.2 Å². The van der Waals surface area contributed by atoms with Gasteiger partial charge in [0.05, 0.1) is 17.4 Å². The molecule has 0 radical (unpaired) electrons. The summed E-state index contributed by atoms with van der Waals surface area (Å²) in [5.74, 6) is -1.44. The molecule has 0 atom stereocenters. The van der Waals surface area contributed by atoms with Gasteiger partial charge in [0.25, 0.3) is 0 Å². The number of carbonyl (C=O) groups is 1. The first kappa shape index (κ1) is 17.2. The molecule has 0 aliphatic carbocycles. The molecule has 2 rings (SSSR count). The highest BCUT2D eigenvalue weighted by Gasteiger charge is 2.24. The Labute approximate surface area is 136 Å². The van der Waals surface area contributed by atoms with Crippen LogP contribution in [0.5, 0.6) is 0 Å². The Hall–Kier alpha value is -2.18. The van der Waals surface area contributed by atoms with E-state index in [1.165, 1.54) is 12.1 Å². The number of aryl methyl sites for hydroxylation is 2. The molecule has 2 aromatic carbocycles. The van der Waals surface area contributed by atoms with Crippen LogP contribution in [-0.4, -0.2) is 25.2 Å².